The van der Waals surface area contributed by atoms with Crippen molar-refractivity contribution in [3.8, 4) is 11.5 Å². The van der Waals surface area contributed by atoms with E-state index in [-0.39, 0.29) is 41.3 Å². The van der Waals surface area contributed by atoms with Gasteiger partial charge >= 0.3 is 0 Å². The number of nitrogens with two attached hydrogens (primary N) is 1. The number of hydrogen-bond donors (Lipinski definition) is 6. The van der Waals surface area contributed by atoms with E-state index in [9.17, 15) is 44.7 Å². The molecule has 7 N–H and O–H groups in total. The van der Waals surface area contributed by atoms with Crippen LogP contribution in [0, 0.1) is 17.8 Å². The summed E-state index contributed by atoms with van der Waals surface area (Å²) in [5.74, 6) is -9.78. The molecule has 1 fully saturated rings. The highest BCUT2D eigenvalue weighted by Gasteiger charge is 2.68. The number of rotatable bonds is 6. The first kappa shape index (κ1) is 29.0. The number of nitrogens with zero attached hydrogens (tertiary/aromatic N) is 1. The second-order valence-corrected chi connectivity index (χ2v) is 11.5. The minimum absolute atomic E-state index is 0.0181. The second-order valence-electron chi connectivity index (χ2n) is 11.5. The van der Waals surface area contributed by atoms with Gasteiger partial charge in [0, 0.05) is 30.3 Å². The number of ketones is 3. The monoisotopic (exact) mass is 576 g/mol. The summed E-state index contributed by atoms with van der Waals surface area (Å²) in [5, 5.41) is 55.1. The predicted octanol–water partition coefficient (Wildman–Crippen LogP) is 1.66. The third-order valence-electron chi connectivity index (χ3n) is 8.98. The van der Waals surface area contributed by atoms with Gasteiger partial charge in [-0.05, 0) is 55.3 Å². The van der Waals surface area contributed by atoms with Gasteiger partial charge in [-0.15, -0.1) is 0 Å². The molecule has 220 valence electrons. The van der Waals surface area contributed by atoms with Crippen molar-refractivity contribution in [1.82, 2.24) is 4.90 Å². The molecule has 5 rings (SSSR count). The van der Waals surface area contributed by atoms with E-state index in [1.165, 1.54) is 37.2 Å². The predicted molar refractivity (Wildman–Crippen MR) is 149 cm³/mol. The lowest BCUT2D eigenvalue weighted by atomic mass is 9.50. The third-order valence-corrected chi connectivity index (χ3v) is 8.98. The number of likely N-dealkylation sites (N-methyl/N-ethyl adjacent to an activating group) is 1. The second kappa shape index (κ2) is 10.1. The highest BCUT2D eigenvalue weighted by atomic mass is 16.3. The molecule has 0 saturated heterocycles. The Morgan fingerprint density at radius 1 is 1.00 bits per heavy atom. The van der Waals surface area contributed by atoms with Gasteiger partial charge in [0.25, 0.3) is 5.91 Å². The molecule has 11 nitrogen and oxygen atoms in total. The summed E-state index contributed by atoms with van der Waals surface area (Å²) in [6.07, 6.45) is -0.355. The van der Waals surface area contributed by atoms with Gasteiger partial charge in [-0.1, -0.05) is 31.2 Å². The zero-order chi connectivity index (χ0) is 30.8. The van der Waals surface area contributed by atoms with Crippen LogP contribution in [-0.2, 0) is 25.6 Å². The Labute approximate surface area is 241 Å². The number of benzene rings is 2. The molecule has 0 radical (unpaired) electrons. The summed E-state index contributed by atoms with van der Waals surface area (Å²) in [6.45, 7) is 1.75. The Morgan fingerprint density at radius 3 is 2.24 bits per heavy atom. The van der Waals surface area contributed by atoms with Gasteiger partial charge in [0.1, 0.15) is 34.4 Å². The third kappa shape index (κ3) is 4.11. The molecule has 0 aliphatic heterocycles. The number of carbonyl (C=O) groups is 4. The van der Waals surface area contributed by atoms with E-state index in [0.717, 1.165) is 0 Å². The molecule has 0 bridgehead atoms. The summed E-state index contributed by atoms with van der Waals surface area (Å²) in [4.78, 5) is 55.3. The van der Waals surface area contributed by atoms with Gasteiger partial charge in [0.15, 0.2) is 11.4 Å². The van der Waals surface area contributed by atoms with E-state index < -0.39 is 69.9 Å². The highest BCUT2D eigenvalue weighted by molar-refractivity contribution is 6.24. The normalized spacial score (nSPS) is 28.8. The Kier molecular flexibility index (Phi) is 6.99. The molecular formula is C31H32N2O9. The van der Waals surface area contributed by atoms with Crippen LogP contribution in [0.15, 0.2) is 59.4 Å². The maximum absolute atomic E-state index is 14.3. The number of carbonyl (C=O) groups excluding carboxylic acids is 4. The van der Waals surface area contributed by atoms with Crippen LogP contribution in [0.3, 0.4) is 0 Å². The molecule has 0 spiro atoms. The van der Waals surface area contributed by atoms with E-state index in [4.69, 9.17) is 5.73 Å². The number of aromatic hydroxyl groups is 2. The van der Waals surface area contributed by atoms with Gasteiger partial charge in [0.05, 0.1) is 11.6 Å². The molecule has 2 aromatic carbocycles. The van der Waals surface area contributed by atoms with Crippen molar-refractivity contribution in [2.24, 2.45) is 23.5 Å². The summed E-state index contributed by atoms with van der Waals surface area (Å²) in [5.41, 5.74) is 2.36. The van der Waals surface area contributed by atoms with Crippen LogP contribution in [0.1, 0.15) is 36.0 Å². The summed E-state index contributed by atoms with van der Waals surface area (Å²) >= 11 is 0. The molecule has 6 atom stereocenters. The average Bonchev–Trinajstić information content (AvgIpc) is 2.91. The van der Waals surface area contributed by atoms with Gasteiger partial charge in [-0.2, -0.15) is 0 Å². The summed E-state index contributed by atoms with van der Waals surface area (Å²) in [6, 6.07) is 9.26. The highest BCUT2D eigenvalue weighted by Crippen LogP contribution is 2.59. The fourth-order valence-corrected chi connectivity index (χ4v) is 7.24. The molecular weight excluding hydrogens is 544 g/mol. The Balaban J connectivity index is 1.76. The lowest BCUT2D eigenvalue weighted by molar-refractivity contribution is -0.162. The van der Waals surface area contributed by atoms with Crippen molar-refractivity contribution in [3.05, 3.63) is 76.1 Å². The molecule has 2 aromatic rings. The Bertz CT molecular complexity index is 1590. The van der Waals surface area contributed by atoms with E-state index in [1.54, 1.807) is 31.2 Å². The van der Waals surface area contributed by atoms with E-state index in [0.29, 0.717) is 11.1 Å². The van der Waals surface area contributed by atoms with Crippen molar-refractivity contribution < 1.29 is 44.7 Å². The molecule has 0 heterocycles. The number of phenols is 2. The van der Waals surface area contributed by atoms with E-state index in [2.05, 4.69) is 0 Å². The number of aliphatic hydroxyl groups excluding tert-OH is 2. The van der Waals surface area contributed by atoms with Crippen molar-refractivity contribution in [1.29, 1.82) is 0 Å². The number of Topliss-reactive ketones (excluding diaryl/α,β-unsaturated/α-hetero) is 3. The lowest BCUT2D eigenvalue weighted by Crippen LogP contribution is -2.69. The minimum Gasteiger partial charge on any atom is -0.508 e. The zero-order valence-electron chi connectivity index (χ0n) is 23.2. The largest absolute Gasteiger partial charge is 0.508 e. The first-order valence-corrected chi connectivity index (χ1v) is 13.5. The molecule has 3 aliphatic rings. The van der Waals surface area contributed by atoms with Crippen LogP contribution >= 0.6 is 0 Å². The first-order valence-electron chi connectivity index (χ1n) is 13.5. The Hall–Kier alpha value is -4.48. The fraction of sp³-hybridized carbons (Fsp3) is 0.355. The number of phenolic OH excluding ortho intramolecular Hbond substituents is 2. The van der Waals surface area contributed by atoms with Gasteiger partial charge < -0.3 is 31.3 Å². The SMILES string of the molecule is C[C@@H]1c2cccc(O)c2C(O)=C2C(=O)[C@@]3(O)C(O)=C(C(N)=O)C(=O)[C@H](N(C)C)[C@H]3[C@H](CC(=O)Cc3ccc(O)cc3)[C@H]21. The maximum atomic E-state index is 14.3. The van der Waals surface area contributed by atoms with Crippen molar-refractivity contribution in [2.45, 2.75) is 37.3 Å². The number of amides is 1. The van der Waals surface area contributed by atoms with Gasteiger partial charge in [-0.25, -0.2) is 0 Å². The van der Waals surface area contributed by atoms with E-state index >= 15 is 0 Å². The average molecular weight is 577 g/mol. The number of fused-ring (bicyclic) bond motifs is 3. The number of primary amides is 1. The van der Waals surface area contributed by atoms with Crippen LogP contribution in [0.5, 0.6) is 11.5 Å². The molecule has 42 heavy (non-hydrogen) atoms. The molecule has 3 aliphatic carbocycles. The summed E-state index contributed by atoms with van der Waals surface area (Å²) in [7, 11) is 3.01. The fourth-order valence-electron chi connectivity index (χ4n) is 7.24. The van der Waals surface area contributed by atoms with Crippen LogP contribution < -0.4 is 5.73 Å². The maximum Gasteiger partial charge on any atom is 0.255 e. The summed E-state index contributed by atoms with van der Waals surface area (Å²) < 4.78 is 0. The zero-order valence-corrected chi connectivity index (χ0v) is 23.2. The Morgan fingerprint density at radius 2 is 1.64 bits per heavy atom. The van der Waals surface area contributed by atoms with Crippen LogP contribution in [0.4, 0.5) is 0 Å². The minimum atomic E-state index is -2.89. The van der Waals surface area contributed by atoms with Gasteiger partial charge in [0.2, 0.25) is 5.78 Å². The number of aliphatic hydroxyl groups is 3. The topological polar surface area (TPSA) is 199 Å². The van der Waals surface area contributed by atoms with Crippen molar-refractivity contribution >= 4 is 29.0 Å². The smallest absolute Gasteiger partial charge is 0.255 e. The van der Waals surface area contributed by atoms with Crippen LogP contribution in [0.25, 0.3) is 5.76 Å². The number of hydrogen-bond acceptors (Lipinski definition) is 10. The van der Waals surface area contributed by atoms with E-state index in [1.807, 2.05) is 0 Å². The van der Waals surface area contributed by atoms with Crippen LogP contribution in [0.2, 0.25) is 0 Å². The van der Waals surface area contributed by atoms with Crippen molar-refractivity contribution in [3.63, 3.8) is 0 Å². The molecule has 0 unspecified atom stereocenters. The standard InChI is InChI=1S/C31H32N2O9/c1-13-17-5-4-6-19(36)21(17)26(37)22-20(13)18(12-16(35)11-14-7-9-15(34)10-8-14)24-25(33(2)3)27(38)23(30(32)41)29(40)31(24,42)28(22)39/h4-10,13,18,20,24-25,34,36-37,40,42H,11-12H2,1-3H3,(H2,32,41)/t13-,18-,20-,24-,25-,31-/m1/s1. The quantitative estimate of drug-likeness (QED) is 0.275. The van der Waals surface area contributed by atoms with Gasteiger partial charge in [-0.3, -0.25) is 24.1 Å². The van der Waals surface area contributed by atoms with Crippen LogP contribution in [-0.4, -0.2) is 79.4 Å². The first-order chi connectivity index (χ1) is 19.7. The lowest BCUT2D eigenvalue weighted by Gasteiger charge is -2.55. The molecule has 1 amide bonds. The molecule has 0 aromatic heterocycles. The molecule has 11 heteroatoms. The van der Waals surface area contributed by atoms with Crippen molar-refractivity contribution in [2.75, 3.05) is 14.1 Å². The molecule has 1 saturated carbocycles.